The van der Waals surface area contributed by atoms with Gasteiger partial charge in [-0.15, -0.1) is 0 Å². The summed E-state index contributed by atoms with van der Waals surface area (Å²) in [6, 6.07) is 0. The van der Waals surface area contributed by atoms with Gasteiger partial charge in [0.1, 0.15) is 0 Å². The van der Waals surface area contributed by atoms with Crippen LogP contribution in [0.3, 0.4) is 0 Å². The van der Waals surface area contributed by atoms with Crippen LogP contribution in [0, 0.1) is 0 Å². The Bertz CT molecular complexity index is 312. The van der Waals surface area contributed by atoms with Crippen LogP contribution in [0.25, 0.3) is 0 Å². The summed E-state index contributed by atoms with van der Waals surface area (Å²) in [4.78, 5) is 11.1. The van der Waals surface area contributed by atoms with E-state index in [9.17, 15) is 4.79 Å². The van der Waals surface area contributed by atoms with E-state index < -0.39 is 0 Å². The Labute approximate surface area is 63.6 Å². The van der Waals surface area contributed by atoms with Crippen LogP contribution in [0.5, 0.6) is 0 Å². The monoisotopic (exact) mass is 154 g/mol. The van der Waals surface area contributed by atoms with Crippen molar-refractivity contribution in [3.8, 4) is 0 Å². The Balaban J connectivity index is 2.56. The Morgan fingerprint density at radius 1 is 1.64 bits per heavy atom. The van der Waals surface area contributed by atoms with E-state index >= 15 is 0 Å². The molecule has 0 aliphatic carbocycles. The summed E-state index contributed by atoms with van der Waals surface area (Å²) < 4.78 is 4.96. The molecule has 2 N–H and O–H groups in total. The number of hydrogen-bond donors (Lipinski definition) is 2. The van der Waals surface area contributed by atoms with Crippen molar-refractivity contribution in [2.75, 3.05) is 6.54 Å². The number of aromatic amines is 1. The molecule has 0 amide bonds. The number of hydrogen-bond acceptors (Lipinski definition) is 3. The van der Waals surface area contributed by atoms with E-state index in [4.69, 9.17) is 4.52 Å². The van der Waals surface area contributed by atoms with Crippen molar-refractivity contribution in [3.63, 3.8) is 0 Å². The van der Waals surface area contributed by atoms with Gasteiger partial charge in [0.2, 0.25) is 0 Å². The van der Waals surface area contributed by atoms with Crippen molar-refractivity contribution in [3.05, 3.63) is 21.7 Å². The van der Waals surface area contributed by atoms with Crippen molar-refractivity contribution in [1.29, 1.82) is 0 Å². The van der Waals surface area contributed by atoms with Crippen LogP contribution < -0.4 is 10.9 Å². The molecule has 2 rings (SSSR count). The van der Waals surface area contributed by atoms with Crippen molar-refractivity contribution >= 4 is 0 Å². The smallest absolute Gasteiger partial charge is 0.283 e. The second kappa shape index (κ2) is 2.23. The molecule has 2 heterocycles. The minimum atomic E-state index is -0.0750. The molecule has 1 atom stereocenters. The van der Waals surface area contributed by atoms with Crippen LogP contribution >= 0.6 is 0 Å². The van der Waals surface area contributed by atoms with Crippen LogP contribution in [0.4, 0.5) is 0 Å². The Kier molecular flexibility index (Phi) is 1.35. The van der Waals surface area contributed by atoms with E-state index in [1.165, 1.54) is 0 Å². The first-order valence-corrected chi connectivity index (χ1v) is 3.70. The highest BCUT2D eigenvalue weighted by Crippen LogP contribution is 2.18. The Hall–Kier alpha value is -1.03. The molecule has 1 unspecified atom stereocenters. The summed E-state index contributed by atoms with van der Waals surface area (Å²) >= 11 is 0. The Morgan fingerprint density at radius 3 is 3.18 bits per heavy atom. The molecule has 0 saturated carbocycles. The van der Waals surface area contributed by atoms with Gasteiger partial charge in [0, 0.05) is 12.5 Å². The minimum Gasteiger partial charge on any atom is -0.382 e. The lowest BCUT2D eigenvalue weighted by atomic mass is 9.99. The van der Waals surface area contributed by atoms with Gasteiger partial charge >= 0.3 is 0 Å². The summed E-state index contributed by atoms with van der Waals surface area (Å²) in [5.41, 5.74) is 0.734. The molecule has 0 radical (unpaired) electrons. The average Bonchev–Trinajstić information content (AvgIpc) is 2.34. The first-order chi connectivity index (χ1) is 5.29. The molecule has 0 fully saturated rings. The van der Waals surface area contributed by atoms with Crippen LogP contribution in [-0.4, -0.2) is 11.7 Å². The van der Waals surface area contributed by atoms with E-state index in [2.05, 4.69) is 10.5 Å². The largest absolute Gasteiger partial charge is 0.382 e. The van der Waals surface area contributed by atoms with Crippen molar-refractivity contribution < 1.29 is 4.52 Å². The third-order valence-electron chi connectivity index (χ3n) is 2.04. The molecule has 60 valence electrons. The maximum absolute atomic E-state index is 11.1. The zero-order valence-electron chi connectivity index (χ0n) is 6.31. The number of nitrogens with one attached hydrogen (secondary N) is 2. The van der Waals surface area contributed by atoms with Gasteiger partial charge in [0.25, 0.3) is 5.56 Å². The normalized spacial score (nSPS) is 23.2. The average molecular weight is 154 g/mol. The van der Waals surface area contributed by atoms with Crippen LogP contribution in [0.1, 0.15) is 24.2 Å². The van der Waals surface area contributed by atoms with Gasteiger partial charge in [0.15, 0.2) is 5.76 Å². The standard InChI is InChI=1S/C7H10N2O2/c1-4-2-8-3-5-6(4)7(10)9-11-5/h4,8H,2-3H2,1H3,(H,9,10). The number of fused-ring (bicyclic) bond motifs is 1. The zero-order chi connectivity index (χ0) is 7.84. The number of H-pyrrole nitrogens is 1. The first kappa shape index (κ1) is 6.67. The topological polar surface area (TPSA) is 58.0 Å². The number of aromatic nitrogens is 1. The van der Waals surface area contributed by atoms with E-state index in [0.717, 1.165) is 17.9 Å². The predicted octanol–water partition coefficient (Wildman–Crippen LogP) is 0.175. The first-order valence-electron chi connectivity index (χ1n) is 3.70. The van der Waals surface area contributed by atoms with Gasteiger partial charge < -0.3 is 9.84 Å². The lowest BCUT2D eigenvalue weighted by molar-refractivity contribution is 0.357. The van der Waals surface area contributed by atoms with Crippen molar-refractivity contribution in [2.45, 2.75) is 19.4 Å². The summed E-state index contributed by atoms with van der Waals surface area (Å²) in [5.74, 6) is 1.02. The Morgan fingerprint density at radius 2 is 2.45 bits per heavy atom. The SMILES string of the molecule is CC1CNCc2o[nH]c(=O)c21. The molecule has 1 aromatic rings. The molecule has 1 aliphatic heterocycles. The molecule has 1 aromatic heterocycles. The van der Waals surface area contributed by atoms with E-state index in [-0.39, 0.29) is 11.5 Å². The maximum atomic E-state index is 11.1. The van der Waals surface area contributed by atoms with Crippen molar-refractivity contribution in [1.82, 2.24) is 10.5 Å². The van der Waals surface area contributed by atoms with Gasteiger partial charge in [-0.05, 0) is 0 Å². The fourth-order valence-corrected chi connectivity index (χ4v) is 1.48. The molecule has 0 aromatic carbocycles. The molecule has 4 heteroatoms. The van der Waals surface area contributed by atoms with Crippen LogP contribution in [0.15, 0.2) is 9.32 Å². The van der Waals surface area contributed by atoms with Gasteiger partial charge in [-0.25, -0.2) is 0 Å². The fraction of sp³-hybridized carbons (Fsp3) is 0.571. The highest BCUT2D eigenvalue weighted by atomic mass is 16.5. The lowest BCUT2D eigenvalue weighted by Gasteiger charge is -2.15. The number of rotatable bonds is 0. The zero-order valence-corrected chi connectivity index (χ0v) is 6.31. The van der Waals surface area contributed by atoms with Crippen LogP contribution in [-0.2, 0) is 6.54 Å². The van der Waals surface area contributed by atoms with Gasteiger partial charge in [0.05, 0.1) is 12.1 Å². The second-order valence-corrected chi connectivity index (χ2v) is 2.90. The molecule has 1 aliphatic rings. The van der Waals surface area contributed by atoms with Gasteiger partial charge in [-0.1, -0.05) is 6.92 Å². The minimum absolute atomic E-state index is 0.0750. The van der Waals surface area contributed by atoms with Crippen LogP contribution in [0.2, 0.25) is 0 Å². The summed E-state index contributed by atoms with van der Waals surface area (Å²) in [6.07, 6.45) is 0. The summed E-state index contributed by atoms with van der Waals surface area (Å²) in [5, 5.41) is 5.49. The summed E-state index contributed by atoms with van der Waals surface area (Å²) in [7, 11) is 0. The van der Waals surface area contributed by atoms with Gasteiger partial charge in [-0.2, -0.15) is 5.16 Å². The molecule has 0 saturated heterocycles. The van der Waals surface area contributed by atoms with E-state index in [1.54, 1.807) is 0 Å². The van der Waals surface area contributed by atoms with E-state index in [1.807, 2.05) is 6.92 Å². The fourth-order valence-electron chi connectivity index (χ4n) is 1.48. The molecular weight excluding hydrogens is 144 g/mol. The molecule has 4 nitrogen and oxygen atoms in total. The lowest BCUT2D eigenvalue weighted by Crippen LogP contribution is -2.28. The third kappa shape index (κ3) is 0.903. The third-order valence-corrected chi connectivity index (χ3v) is 2.04. The highest BCUT2D eigenvalue weighted by Gasteiger charge is 2.22. The second-order valence-electron chi connectivity index (χ2n) is 2.90. The summed E-state index contributed by atoms with van der Waals surface area (Å²) in [6.45, 7) is 3.53. The highest BCUT2D eigenvalue weighted by molar-refractivity contribution is 5.21. The molecule has 0 bridgehead atoms. The predicted molar refractivity (Wildman–Crippen MR) is 39.5 cm³/mol. The maximum Gasteiger partial charge on any atom is 0.283 e. The van der Waals surface area contributed by atoms with E-state index in [0.29, 0.717) is 6.54 Å². The quantitative estimate of drug-likeness (QED) is 0.560. The van der Waals surface area contributed by atoms with Gasteiger partial charge in [-0.3, -0.25) is 4.79 Å². The molecule has 0 spiro atoms. The molecule has 11 heavy (non-hydrogen) atoms. The molecular formula is C7H10N2O2. The van der Waals surface area contributed by atoms with Crippen molar-refractivity contribution in [2.24, 2.45) is 0 Å².